The Morgan fingerprint density at radius 1 is 1.74 bits per heavy atom. The van der Waals surface area contributed by atoms with E-state index >= 15 is 0 Å². The SMILES string of the molecule is CC(=O)SCC1CC(=O)N(c2ncc([N+](=O)[O-])s2)C1. The Balaban J connectivity index is 2.02. The largest absolute Gasteiger partial charge is 0.345 e. The minimum Gasteiger partial charge on any atom is -0.288 e. The van der Waals surface area contributed by atoms with Gasteiger partial charge >= 0.3 is 5.00 Å². The number of nitro groups is 1. The van der Waals surface area contributed by atoms with Crippen LogP contribution in [0.4, 0.5) is 10.1 Å². The normalized spacial score (nSPS) is 18.9. The van der Waals surface area contributed by atoms with Crippen LogP contribution in [0.25, 0.3) is 0 Å². The first-order valence-corrected chi connectivity index (χ1v) is 7.31. The fourth-order valence-electron chi connectivity index (χ4n) is 1.78. The molecule has 0 N–H and O–H groups in total. The van der Waals surface area contributed by atoms with E-state index < -0.39 is 4.92 Å². The lowest BCUT2D eigenvalue weighted by Gasteiger charge is -2.11. The van der Waals surface area contributed by atoms with Gasteiger partial charge in [0.1, 0.15) is 6.20 Å². The zero-order valence-electron chi connectivity index (χ0n) is 10.1. The van der Waals surface area contributed by atoms with Gasteiger partial charge in [0.05, 0.1) is 4.92 Å². The third-order valence-electron chi connectivity index (χ3n) is 2.62. The summed E-state index contributed by atoms with van der Waals surface area (Å²) >= 11 is 2.08. The first-order chi connectivity index (χ1) is 8.97. The summed E-state index contributed by atoms with van der Waals surface area (Å²) in [6.45, 7) is 1.95. The number of hydrogen-bond acceptors (Lipinski definition) is 7. The number of nitrogens with zero attached hydrogens (tertiary/aromatic N) is 3. The maximum atomic E-state index is 11.8. The molecule has 0 bridgehead atoms. The van der Waals surface area contributed by atoms with Gasteiger partial charge < -0.3 is 0 Å². The predicted molar refractivity (Wildman–Crippen MR) is 72.4 cm³/mol. The molecule has 0 saturated carbocycles. The Morgan fingerprint density at radius 2 is 2.47 bits per heavy atom. The van der Waals surface area contributed by atoms with Gasteiger partial charge in [-0.2, -0.15) is 0 Å². The highest BCUT2D eigenvalue weighted by atomic mass is 32.2. The Bertz CT molecular complexity index is 531. The molecule has 1 saturated heterocycles. The fraction of sp³-hybridized carbons (Fsp3) is 0.500. The van der Waals surface area contributed by atoms with Crippen molar-refractivity contribution < 1.29 is 14.5 Å². The van der Waals surface area contributed by atoms with E-state index in [4.69, 9.17) is 0 Å². The average molecular weight is 301 g/mol. The monoisotopic (exact) mass is 301 g/mol. The van der Waals surface area contributed by atoms with Gasteiger partial charge in [0.25, 0.3) is 0 Å². The molecular weight excluding hydrogens is 290 g/mol. The van der Waals surface area contributed by atoms with E-state index in [0.717, 1.165) is 17.5 Å². The van der Waals surface area contributed by atoms with Crippen LogP contribution in [0.1, 0.15) is 13.3 Å². The number of carbonyl (C=O) groups excluding carboxylic acids is 2. The fourth-order valence-corrected chi connectivity index (χ4v) is 3.23. The van der Waals surface area contributed by atoms with E-state index in [-0.39, 0.29) is 21.9 Å². The van der Waals surface area contributed by atoms with Crippen LogP contribution >= 0.6 is 23.1 Å². The third kappa shape index (κ3) is 3.29. The molecule has 0 radical (unpaired) electrons. The summed E-state index contributed by atoms with van der Waals surface area (Å²) in [5.74, 6) is 0.577. The molecule has 1 aromatic rings. The van der Waals surface area contributed by atoms with Gasteiger partial charge in [-0.1, -0.05) is 11.8 Å². The molecule has 1 aliphatic heterocycles. The van der Waals surface area contributed by atoms with Crippen molar-refractivity contribution in [2.75, 3.05) is 17.2 Å². The molecule has 7 nitrogen and oxygen atoms in total. The molecule has 1 aromatic heterocycles. The number of rotatable bonds is 4. The standard InChI is InChI=1S/C10H11N3O4S2/c1-6(14)18-5-7-2-8(15)12(4-7)10-11-3-9(19-10)13(16)17/h3,7H,2,4-5H2,1H3. The molecule has 9 heteroatoms. The lowest BCUT2D eigenvalue weighted by atomic mass is 10.1. The van der Waals surface area contributed by atoms with Crippen molar-refractivity contribution in [2.45, 2.75) is 13.3 Å². The summed E-state index contributed by atoms with van der Waals surface area (Å²) < 4.78 is 0. The highest BCUT2D eigenvalue weighted by molar-refractivity contribution is 8.13. The van der Waals surface area contributed by atoms with Crippen molar-refractivity contribution >= 4 is 44.3 Å². The molecule has 2 rings (SSSR count). The summed E-state index contributed by atoms with van der Waals surface area (Å²) in [5.41, 5.74) is 0. The van der Waals surface area contributed by atoms with Gasteiger partial charge in [0, 0.05) is 25.6 Å². The summed E-state index contributed by atoms with van der Waals surface area (Å²) in [7, 11) is 0. The Labute approximate surface area is 117 Å². The lowest BCUT2D eigenvalue weighted by Crippen LogP contribution is -2.24. The van der Waals surface area contributed by atoms with Crippen LogP contribution in [0, 0.1) is 16.0 Å². The molecule has 0 aromatic carbocycles. The Morgan fingerprint density at radius 3 is 3.05 bits per heavy atom. The third-order valence-corrected chi connectivity index (χ3v) is 4.64. The zero-order chi connectivity index (χ0) is 14.0. The Kier molecular flexibility index (Phi) is 4.15. The van der Waals surface area contributed by atoms with E-state index in [0.29, 0.717) is 23.8 Å². The van der Waals surface area contributed by atoms with Gasteiger partial charge in [-0.15, -0.1) is 0 Å². The smallest absolute Gasteiger partial charge is 0.288 e. The molecule has 1 atom stereocenters. The van der Waals surface area contributed by atoms with Crippen LogP contribution in [0.5, 0.6) is 0 Å². The number of thioether (sulfide) groups is 1. The van der Waals surface area contributed by atoms with E-state index in [2.05, 4.69) is 4.98 Å². The minimum absolute atomic E-state index is 0.0239. The van der Waals surface area contributed by atoms with Crippen molar-refractivity contribution in [1.82, 2.24) is 4.98 Å². The van der Waals surface area contributed by atoms with Gasteiger partial charge in [0.15, 0.2) is 10.2 Å². The van der Waals surface area contributed by atoms with Crippen LogP contribution in [0.15, 0.2) is 6.20 Å². The number of carbonyl (C=O) groups is 2. The quantitative estimate of drug-likeness (QED) is 0.620. The maximum Gasteiger partial charge on any atom is 0.345 e. The van der Waals surface area contributed by atoms with E-state index in [1.807, 2.05) is 0 Å². The van der Waals surface area contributed by atoms with E-state index in [9.17, 15) is 19.7 Å². The van der Waals surface area contributed by atoms with E-state index in [1.165, 1.54) is 23.6 Å². The highest BCUT2D eigenvalue weighted by Gasteiger charge is 2.33. The topological polar surface area (TPSA) is 93.4 Å². The number of hydrogen-bond donors (Lipinski definition) is 0. The maximum absolute atomic E-state index is 11.8. The van der Waals surface area contributed by atoms with Crippen LogP contribution < -0.4 is 4.90 Å². The van der Waals surface area contributed by atoms with Crippen LogP contribution in [0.3, 0.4) is 0 Å². The van der Waals surface area contributed by atoms with Crippen LogP contribution in [0.2, 0.25) is 0 Å². The predicted octanol–water partition coefficient (Wildman–Crippen LogP) is 1.68. The molecular formula is C10H11N3O4S2. The van der Waals surface area contributed by atoms with Crippen molar-refractivity contribution in [1.29, 1.82) is 0 Å². The molecule has 1 unspecified atom stereocenters. The minimum atomic E-state index is -0.523. The number of thiazole rings is 1. The molecule has 102 valence electrons. The lowest BCUT2D eigenvalue weighted by molar-refractivity contribution is -0.380. The number of amides is 1. The van der Waals surface area contributed by atoms with Crippen molar-refractivity contribution in [3.8, 4) is 0 Å². The summed E-state index contributed by atoms with van der Waals surface area (Å²) in [6, 6.07) is 0. The summed E-state index contributed by atoms with van der Waals surface area (Å²) in [5, 5.41) is 10.9. The second-order valence-electron chi connectivity index (χ2n) is 4.12. The summed E-state index contributed by atoms with van der Waals surface area (Å²) in [4.78, 5) is 38.2. The van der Waals surface area contributed by atoms with Gasteiger partial charge in [0.2, 0.25) is 5.91 Å². The zero-order valence-corrected chi connectivity index (χ0v) is 11.7. The molecule has 0 spiro atoms. The van der Waals surface area contributed by atoms with Crippen molar-refractivity contribution in [2.24, 2.45) is 5.92 Å². The molecule has 0 aliphatic carbocycles. The van der Waals surface area contributed by atoms with Gasteiger partial charge in [-0.05, 0) is 17.3 Å². The molecule has 19 heavy (non-hydrogen) atoms. The molecule has 1 amide bonds. The van der Waals surface area contributed by atoms with Crippen molar-refractivity contribution in [3.63, 3.8) is 0 Å². The molecule has 1 aliphatic rings. The van der Waals surface area contributed by atoms with Crippen LogP contribution in [-0.2, 0) is 9.59 Å². The second kappa shape index (κ2) is 5.66. The van der Waals surface area contributed by atoms with E-state index in [1.54, 1.807) is 0 Å². The van der Waals surface area contributed by atoms with Gasteiger partial charge in [-0.25, -0.2) is 4.98 Å². The average Bonchev–Trinajstić information content (AvgIpc) is 2.92. The second-order valence-corrected chi connectivity index (χ2v) is 6.30. The first kappa shape index (κ1) is 13.9. The Hall–Kier alpha value is -1.48. The molecule has 2 heterocycles. The van der Waals surface area contributed by atoms with Gasteiger partial charge in [-0.3, -0.25) is 24.6 Å². The molecule has 1 fully saturated rings. The van der Waals surface area contributed by atoms with Crippen molar-refractivity contribution in [3.05, 3.63) is 16.3 Å². The summed E-state index contributed by atoms with van der Waals surface area (Å²) in [6.07, 6.45) is 1.51. The number of anilines is 1. The number of aromatic nitrogens is 1. The first-order valence-electron chi connectivity index (χ1n) is 5.51. The van der Waals surface area contributed by atoms with Crippen LogP contribution in [-0.4, -0.2) is 33.2 Å². The highest BCUT2D eigenvalue weighted by Crippen LogP contribution is 2.33.